The molecule has 2 aliphatic rings. The molecule has 0 saturated heterocycles. The largest absolute Gasteiger partial charge is 0.283 e. The Labute approximate surface area is 144 Å². The van der Waals surface area contributed by atoms with Crippen molar-refractivity contribution in [1.29, 1.82) is 0 Å². The molecule has 0 N–H and O–H groups in total. The zero-order valence-electron chi connectivity index (χ0n) is 12.5. The van der Waals surface area contributed by atoms with E-state index in [-0.39, 0.29) is 16.5 Å². The Morgan fingerprint density at radius 1 is 1.30 bits per heavy atom. The molecule has 0 fully saturated rings. The van der Waals surface area contributed by atoms with Crippen molar-refractivity contribution >= 4 is 35.0 Å². The lowest BCUT2D eigenvalue weighted by molar-refractivity contribution is 0.109. The van der Waals surface area contributed by atoms with Gasteiger partial charge >= 0.3 is 0 Å². The molecule has 0 radical (unpaired) electrons. The van der Waals surface area contributed by atoms with Crippen molar-refractivity contribution in [2.75, 3.05) is 0 Å². The van der Waals surface area contributed by atoms with E-state index < -0.39 is 5.12 Å². The third-order valence-electron chi connectivity index (χ3n) is 3.88. The van der Waals surface area contributed by atoms with Crippen LogP contribution in [0.15, 0.2) is 53.0 Å². The lowest BCUT2D eigenvalue weighted by Gasteiger charge is -2.17. The maximum absolute atomic E-state index is 12.6. The van der Waals surface area contributed by atoms with E-state index in [4.69, 9.17) is 11.6 Å². The number of thiol groups is 1. The van der Waals surface area contributed by atoms with Gasteiger partial charge in [0.1, 0.15) is 5.56 Å². The van der Waals surface area contributed by atoms with Crippen molar-refractivity contribution < 1.29 is 4.79 Å². The highest BCUT2D eigenvalue weighted by molar-refractivity contribution is 7.97. The summed E-state index contributed by atoms with van der Waals surface area (Å²) in [6.45, 7) is 0.530. The van der Waals surface area contributed by atoms with Crippen LogP contribution in [0.25, 0.3) is 5.70 Å². The van der Waals surface area contributed by atoms with Crippen molar-refractivity contribution in [2.45, 2.75) is 31.2 Å². The Balaban J connectivity index is 2.04. The number of carbonyl (C=O) groups is 1. The average molecular weight is 349 g/mol. The van der Waals surface area contributed by atoms with Crippen LogP contribution in [-0.4, -0.2) is 19.9 Å². The number of halogens is 1. The molecule has 1 aromatic heterocycles. The predicted octanol–water partition coefficient (Wildman–Crippen LogP) is 3.40. The summed E-state index contributed by atoms with van der Waals surface area (Å²) in [7, 11) is 0. The number of alkyl halides is 1. The molecule has 23 heavy (non-hydrogen) atoms. The third-order valence-corrected chi connectivity index (χ3v) is 4.44. The Morgan fingerprint density at radius 3 is 2.74 bits per heavy atom. The summed E-state index contributed by atoms with van der Waals surface area (Å²) in [5, 5.41) is -0.584. The summed E-state index contributed by atoms with van der Waals surface area (Å²) in [5.74, 6) is 0. The number of rotatable bonds is 4. The second kappa shape index (κ2) is 6.81. The highest BCUT2D eigenvalue weighted by Gasteiger charge is 2.19. The number of hydrogen-bond donors (Lipinski definition) is 1. The molecule has 1 heterocycles. The van der Waals surface area contributed by atoms with E-state index in [1.807, 2.05) is 18.2 Å². The van der Waals surface area contributed by atoms with Crippen LogP contribution in [0.1, 0.15) is 29.6 Å². The minimum atomic E-state index is -0.522. The third kappa shape index (κ3) is 3.46. The van der Waals surface area contributed by atoms with Crippen LogP contribution in [0, 0.1) is 0 Å². The summed E-state index contributed by atoms with van der Waals surface area (Å²) in [4.78, 5) is 24.2. The van der Waals surface area contributed by atoms with E-state index >= 15 is 0 Å². The van der Waals surface area contributed by atoms with Gasteiger partial charge in [0.15, 0.2) is 0 Å². The molecule has 120 valence electrons. The van der Waals surface area contributed by atoms with E-state index in [2.05, 4.69) is 30.9 Å². The smallest absolute Gasteiger partial charge is 0.282 e. The van der Waals surface area contributed by atoms with E-state index in [9.17, 15) is 9.59 Å². The molecule has 3 rings (SSSR count). The first-order chi connectivity index (χ1) is 11.1. The van der Waals surface area contributed by atoms with E-state index in [1.165, 1.54) is 4.68 Å². The van der Waals surface area contributed by atoms with Gasteiger partial charge in [-0.2, -0.15) is 0 Å². The fraction of sp³-hybridized carbons (Fsp3) is 0.294. The fourth-order valence-corrected chi connectivity index (χ4v) is 3.05. The second-order valence-electron chi connectivity index (χ2n) is 5.56. The van der Waals surface area contributed by atoms with Gasteiger partial charge in [-0.15, -0.1) is 24.2 Å². The first-order valence-electron chi connectivity index (χ1n) is 7.50. The zero-order chi connectivity index (χ0) is 16.4. The van der Waals surface area contributed by atoms with Gasteiger partial charge in [-0.05, 0) is 30.9 Å². The van der Waals surface area contributed by atoms with Crippen molar-refractivity contribution in [3.05, 3.63) is 64.1 Å². The van der Waals surface area contributed by atoms with Gasteiger partial charge in [0.2, 0.25) is 5.12 Å². The average Bonchev–Trinajstić information content (AvgIpc) is 2.86. The summed E-state index contributed by atoms with van der Waals surface area (Å²) in [6, 6.07) is 0. The Kier molecular flexibility index (Phi) is 4.78. The first-order valence-corrected chi connectivity index (χ1v) is 8.39. The highest BCUT2D eigenvalue weighted by atomic mass is 35.5. The molecule has 0 amide bonds. The quantitative estimate of drug-likeness (QED) is 0.669. The molecule has 6 heteroatoms. The lowest BCUT2D eigenvalue weighted by atomic mass is 10.1. The van der Waals surface area contributed by atoms with Gasteiger partial charge in [0.05, 0.1) is 17.6 Å². The van der Waals surface area contributed by atoms with Crippen molar-refractivity contribution in [3.8, 4) is 0 Å². The molecule has 0 spiro atoms. The van der Waals surface area contributed by atoms with E-state index in [1.54, 1.807) is 10.9 Å². The number of aromatic nitrogens is 2. The van der Waals surface area contributed by atoms with Crippen molar-refractivity contribution in [1.82, 2.24) is 9.36 Å². The van der Waals surface area contributed by atoms with Gasteiger partial charge in [0, 0.05) is 6.20 Å². The SMILES string of the molecule is O=C(S)c1cn(CC2=CCCC=C2)n(C2=CCC(Cl)C=C2)c1=O. The zero-order valence-corrected chi connectivity index (χ0v) is 14.1. The molecule has 1 atom stereocenters. The number of carbonyl (C=O) groups excluding carboxylic acids is 1. The second-order valence-corrected chi connectivity index (χ2v) is 6.53. The maximum atomic E-state index is 12.6. The normalized spacial score (nSPS) is 20.3. The van der Waals surface area contributed by atoms with Crippen LogP contribution >= 0.6 is 24.2 Å². The van der Waals surface area contributed by atoms with Gasteiger partial charge in [-0.1, -0.05) is 30.4 Å². The Hall–Kier alpha value is -1.72. The Bertz CT molecular complexity index is 811. The van der Waals surface area contributed by atoms with Crippen molar-refractivity contribution in [3.63, 3.8) is 0 Å². The number of allylic oxidation sites excluding steroid dienone is 8. The van der Waals surface area contributed by atoms with Gasteiger partial charge in [0.25, 0.3) is 5.56 Å². The molecule has 2 aliphatic carbocycles. The predicted molar refractivity (Wildman–Crippen MR) is 96.1 cm³/mol. The lowest BCUT2D eigenvalue weighted by Crippen LogP contribution is -2.25. The summed E-state index contributed by atoms with van der Waals surface area (Å²) in [5.41, 5.74) is 1.58. The molecule has 1 aromatic rings. The minimum absolute atomic E-state index is 0.0622. The standard InChI is InChI=1S/C17H17ClN2O2S/c18-13-6-8-14(9-7-13)20-16(21)15(17(22)23)11-19(20)10-12-4-2-1-3-5-12/h2,4-6,8-9,11,13H,1,3,7,10H2,(H,22,23). The van der Waals surface area contributed by atoms with Gasteiger partial charge in [-0.3, -0.25) is 14.3 Å². The Morgan fingerprint density at radius 2 is 2.13 bits per heavy atom. The van der Waals surface area contributed by atoms with Gasteiger partial charge in [-0.25, -0.2) is 4.68 Å². The first kappa shape index (κ1) is 16.1. The molecular formula is C17H17ClN2O2S. The molecule has 1 unspecified atom stereocenters. The number of nitrogens with zero attached hydrogens (tertiary/aromatic N) is 2. The van der Waals surface area contributed by atoms with Crippen LogP contribution in [0.2, 0.25) is 0 Å². The summed E-state index contributed by atoms with van der Waals surface area (Å²) >= 11 is 9.86. The molecule has 0 saturated carbocycles. The number of hydrogen-bond acceptors (Lipinski definition) is 2. The molecule has 0 aromatic carbocycles. The van der Waals surface area contributed by atoms with Gasteiger partial charge < -0.3 is 0 Å². The molecule has 0 bridgehead atoms. The van der Waals surface area contributed by atoms with Crippen LogP contribution in [0.3, 0.4) is 0 Å². The fourth-order valence-electron chi connectivity index (χ4n) is 2.73. The van der Waals surface area contributed by atoms with Crippen LogP contribution in [0.5, 0.6) is 0 Å². The summed E-state index contributed by atoms with van der Waals surface area (Å²) < 4.78 is 3.28. The van der Waals surface area contributed by atoms with Crippen LogP contribution < -0.4 is 5.56 Å². The minimum Gasteiger partial charge on any atom is -0.282 e. The molecule has 0 aliphatic heterocycles. The molecular weight excluding hydrogens is 332 g/mol. The summed E-state index contributed by atoms with van der Waals surface area (Å²) in [6.07, 6.45) is 16.1. The van der Waals surface area contributed by atoms with E-state index in [0.29, 0.717) is 13.0 Å². The van der Waals surface area contributed by atoms with Crippen LogP contribution in [-0.2, 0) is 6.54 Å². The topological polar surface area (TPSA) is 44.0 Å². The highest BCUT2D eigenvalue weighted by Crippen LogP contribution is 2.20. The monoisotopic (exact) mass is 348 g/mol. The van der Waals surface area contributed by atoms with Crippen molar-refractivity contribution in [2.24, 2.45) is 0 Å². The van der Waals surface area contributed by atoms with Crippen LogP contribution in [0.4, 0.5) is 0 Å². The maximum Gasteiger partial charge on any atom is 0.283 e. The molecule has 4 nitrogen and oxygen atoms in total. The van der Waals surface area contributed by atoms with E-state index in [0.717, 1.165) is 24.1 Å².